The van der Waals surface area contributed by atoms with Gasteiger partial charge in [-0.25, -0.2) is 9.37 Å². The third kappa shape index (κ3) is 4.04. The lowest BCUT2D eigenvalue weighted by Gasteiger charge is -2.05. The average Bonchev–Trinajstić information content (AvgIpc) is 3.45. The lowest BCUT2D eigenvalue weighted by molar-refractivity contribution is 0.534. The molecule has 3 aromatic heterocycles. The number of aromatic amines is 1. The summed E-state index contributed by atoms with van der Waals surface area (Å²) in [5, 5.41) is 5.82. The fraction of sp³-hybridized carbons (Fsp3) is 0.192. The van der Waals surface area contributed by atoms with Gasteiger partial charge in [0, 0.05) is 35.8 Å². The first kappa shape index (κ1) is 20.1. The van der Waals surface area contributed by atoms with E-state index in [4.69, 9.17) is 10.1 Å². The highest BCUT2D eigenvalue weighted by Gasteiger charge is 2.17. The zero-order valence-corrected chi connectivity index (χ0v) is 18.1. The van der Waals surface area contributed by atoms with E-state index < -0.39 is 0 Å². The first-order valence-electron chi connectivity index (χ1n) is 10.8. The third-order valence-corrected chi connectivity index (χ3v) is 5.56. The number of hydrogen-bond donors (Lipinski definition) is 1. The number of rotatable bonds is 6. The first-order chi connectivity index (χ1) is 15.6. The molecule has 0 unspecified atom stereocenters. The summed E-state index contributed by atoms with van der Waals surface area (Å²) in [6.07, 6.45) is 5.16. The Bertz CT molecular complexity index is 1380. The van der Waals surface area contributed by atoms with Gasteiger partial charge in [0.15, 0.2) is 0 Å². The molecule has 3 heterocycles. The second kappa shape index (κ2) is 8.38. The largest absolute Gasteiger partial charge is 0.340 e. The van der Waals surface area contributed by atoms with Crippen molar-refractivity contribution in [3.8, 4) is 22.6 Å². The number of fused-ring (bicyclic) bond motifs is 1. The molecule has 0 aliphatic rings. The van der Waals surface area contributed by atoms with E-state index >= 15 is 0 Å². The number of benzene rings is 2. The zero-order chi connectivity index (χ0) is 22.1. The third-order valence-electron chi connectivity index (χ3n) is 5.56. The van der Waals surface area contributed by atoms with Crippen LogP contribution in [0.1, 0.15) is 31.3 Å². The van der Waals surface area contributed by atoms with Crippen molar-refractivity contribution >= 4 is 10.9 Å². The highest BCUT2D eigenvalue weighted by atomic mass is 19.1. The Morgan fingerprint density at radius 1 is 1.00 bits per heavy atom. The Hall–Kier alpha value is -3.80. The summed E-state index contributed by atoms with van der Waals surface area (Å²) in [5.74, 6) is 0.636. The molecule has 0 atom stereocenters. The van der Waals surface area contributed by atoms with Crippen LogP contribution < -0.4 is 0 Å². The first-order valence-corrected chi connectivity index (χ1v) is 10.8. The molecule has 0 radical (unpaired) electrons. The van der Waals surface area contributed by atoms with Crippen molar-refractivity contribution in [2.75, 3.05) is 0 Å². The number of imidazole rings is 1. The van der Waals surface area contributed by atoms with Crippen molar-refractivity contribution in [2.24, 2.45) is 0 Å². The van der Waals surface area contributed by atoms with E-state index in [1.807, 2.05) is 41.2 Å². The maximum atomic E-state index is 13.6. The number of H-pyrrole nitrogens is 1. The number of halogens is 1. The molecule has 0 spiro atoms. The van der Waals surface area contributed by atoms with Crippen molar-refractivity contribution in [1.29, 1.82) is 0 Å². The van der Waals surface area contributed by atoms with Crippen molar-refractivity contribution in [3.05, 3.63) is 90.3 Å². The summed E-state index contributed by atoms with van der Waals surface area (Å²) >= 11 is 0. The molecule has 0 saturated heterocycles. The van der Waals surface area contributed by atoms with Crippen LogP contribution in [0.4, 0.5) is 4.39 Å². The maximum absolute atomic E-state index is 13.6. The van der Waals surface area contributed by atoms with Crippen molar-refractivity contribution in [1.82, 2.24) is 24.7 Å². The Labute approximate surface area is 186 Å². The molecule has 0 fully saturated rings. The minimum absolute atomic E-state index is 0.215. The molecule has 0 aliphatic heterocycles. The Kier molecular flexibility index (Phi) is 5.27. The smallest absolute Gasteiger partial charge is 0.123 e. The predicted molar refractivity (Wildman–Crippen MR) is 125 cm³/mol. The van der Waals surface area contributed by atoms with Crippen LogP contribution in [-0.4, -0.2) is 24.7 Å². The molecule has 5 aromatic rings. The van der Waals surface area contributed by atoms with E-state index in [-0.39, 0.29) is 11.9 Å². The maximum Gasteiger partial charge on any atom is 0.123 e. The molecule has 160 valence electrons. The lowest BCUT2D eigenvalue weighted by atomic mass is 10.1. The Morgan fingerprint density at radius 3 is 2.72 bits per heavy atom. The van der Waals surface area contributed by atoms with Crippen LogP contribution >= 0.6 is 0 Å². The van der Waals surface area contributed by atoms with Crippen LogP contribution in [0.25, 0.3) is 33.5 Å². The van der Waals surface area contributed by atoms with Crippen LogP contribution in [0, 0.1) is 5.82 Å². The topological polar surface area (TPSA) is 59.4 Å². The van der Waals surface area contributed by atoms with Gasteiger partial charge in [0.05, 0.1) is 16.9 Å². The van der Waals surface area contributed by atoms with Gasteiger partial charge in [-0.3, -0.25) is 9.67 Å². The van der Waals surface area contributed by atoms with Gasteiger partial charge in [0.1, 0.15) is 17.3 Å². The second-order valence-corrected chi connectivity index (χ2v) is 8.22. The molecule has 0 aliphatic carbocycles. The van der Waals surface area contributed by atoms with Gasteiger partial charge in [0.25, 0.3) is 0 Å². The van der Waals surface area contributed by atoms with E-state index in [2.05, 4.69) is 35.9 Å². The van der Waals surface area contributed by atoms with Crippen molar-refractivity contribution in [3.63, 3.8) is 0 Å². The summed E-state index contributed by atoms with van der Waals surface area (Å²) in [4.78, 5) is 12.8. The lowest BCUT2D eigenvalue weighted by Crippen LogP contribution is -2.01. The average molecular weight is 426 g/mol. The van der Waals surface area contributed by atoms with Gasteiger partial charge in [0.2, 0.25) is 0 Å². The molecule has 0 saturated carbocycles. The summed E-state index contributed by atoms with van der Waals surface area (Å²) < 4.78 is 15.5. The summed E-state index contributed by atoms with van der Waals surface area (Å²) in [6.45, 7) is 4.21. The number of aromatic nitrogens is 5. The standard InChI is InChI=1S/C26H24FN5/c1-17(2)32-14-12-23(31-32)26-25(20-9-10-22-19(16-20)6-4-13-28-22)29-24(30-26)11-8-18-5-3-7-21(27)15-18/h3-7,9-10,12-17H,8,11H2,1-2H3,(H,29,30). The molecular formula is C26H24FN5. The molecule has 5 rings (SSSR count). The number of pyridine rings is 1. The normalized spacial score (nSPS) is 11.5. The van der Waals surface area contributed by atoms with Crippen LogP contribution in [-0.2, 0) is 12.8 Å². The molecule has 0 bridgehead atoms. The van der Waals surface area contributed by atoms with Gasteiger partial charge < -0.3 is 4.98 Å². The van der Waals surface area contributed by atoms with Crippen LogP contribution in [0.3, 0.4) is 0 Å². The zero-order valence-electron chi connectivity index (χ0n) is 18.1. The molecule has 1 N–H and O–H groups in total. The quantitative estimate of drug-likeness (QED) is 0.363. The highest BCUT2D eigenvalue weighted by molar-refractivity contribution is 5.86. The van der Waals surface area contributed by atoms with E-state index in [9.17, 15) is 4.39 Å². The van der Waals surface area contributed by atoms with E-state index in [1.54, 1.807) is 18.3 Å². The fourth-order valence-electron chi connectivity index (χ4n) is 3.87. The fourth-order valence-corrected chi connectivity index (χ4v) is 3.87. The minimum Gasteiger partial charge on any atom is -0.340 e. The van der Waals surface area contributed by atoms with Crippen LogP contribution in [0.5, 0.6) is 0 Å². The van der Waals surface area contributed by atoms with Crippen molar-refractivity contribution < 1.29 is 4.39 Å². The second-order valence-electron chi connectivity index (χ2n) is 8.22. The molecule has 0 amide bonds. The Morgan fingerprint density at radius 2 is 1.91 bits per heavy atom. The van der Waals surface area contributed by atoms with Gasteiger partial charge >= 0.3 is 0 Å². The van der Waals surface area contributed by atoms with Gasteiger partial charge in [-0.1, -0.05) is 24.3 Å². The molecule has 5 nitrogen and oxygen atoms in total. The number of nitrogens with zero attached hydrogens (tertiary/aromatic N) is 4. The Balaban J connectivity index is 1.54. The van der Waals surface area contributed by atoms with Crippen LogP contribution in [0.15, 0.2) is 73.1 Å². The monoisotopic (exact) mass is 425 g/mol. The van der Waals surface area contributed by atoms with E-state index in [0.717, 1.165) is 44.9 Å². The predicted octanol–water partition coefficient (Wildman–Crippen LogP) is 5.99. The summed E-state index contributed by atoms with van der Waals surface area (Å²) in [5.41, 5.74) is 5.51. The molecule has 6 heteroatoms. The van der Waals surface area contributed by atoms with Crippen LogP contribution in [0.2, 0.25) is 0 Å². The highest BCUT2D eigenvalue weighted by Crippen LogP contribution is 2.31. The number of aryl methyl sites for hydroxylation is 2. The van der Waals surface area contributed by atoms with E-state index in [0.29, 0.717) is 12.8 Å². The number of hydrogen-bond acceptors (Lipinski definition) is 3. The summed E-state index contributed by atoms with van der Waals surface area (Å²) in [6, 6.07) is 19.2. The van der Waals surface area contributed by atoms with E-state index in [1.165, 1.54) is 6.07 Å². The SMILES string of the molecule is CC(C)n1ccc(-c2[nH]c(CCc3cccc(F)c3)nc2-c2ccc3ncccc3c2)n1. The minimum atomic E-state index is -0.215. The number of nitrogens with one attached hydrogen (secondary N) is 1. The van der Waals surface area contributed by atoms with Gasteiger partial charge in [-0.15, -0.1) is 0 Å². The van der Waals surface area contributed by atoms with Gasteiger partial charge in [-0.2, -0.15) is 5.10 Å². The molecule has 2 aromatic carbocycles. The van der Waals surface area contributed by atoms with Crippen molar-refractivity contribution in [2.45, 2.75) is 32.7 Å². The van der Waals surface area contributed by atoms with Gasteiger partial charge in [-0.05, 0) is 62.2 Å². The molecule has 32 heavy (non-hydrogen) atoms. The molecular weight excluding hydrogens is 401 g/mol. The summed E-state index contributed by atoms with van der Waals surface area (Å²) in [7, 11) is 0.